The maximum Gasteiger partial charge on any atom is 0.350 e. The van der Waals surface area contributed by atoms with E-state index in [1.807, 2.05) is 6.92 Å². The van der Waals surface area contributed by atoms with Gasteiger partial charge in [0.1, 0.15) is 0 Å². The Kier molecular flexibility index (Phi) is 1.89. The first-order chi connectivity index (χ1) is 4.74. The molecule has 0 saturated heterocycles. The van der Waals surface area contributed by atoms with Gasteiger partial charge in [-0.2, -0.15) is 0 Å². The number of ether oxygens (including phenoxy) is 1. The maximum absolute atomic E-state index is 10.7. The highest BCUT2D eigenvalue weighted by molar-refractivity contribution is 5.89. The second-order valence-electron chi connectivity index (χ2n) is 2.15. The molecule has 0 aliphatic carbocycles. The molecule has 10 heavy (non-hydrogen) atoms. The molecule has 1 aliphatic heterocycles. The van der Waals surface area contributed by atoms with Crippen LogP contribution in [0.25, 0.3) is 0 Å². The number of oxime groups is 1. The average molecular weight is 143 g/mol. The van der Waals surface area contributed by atoms with E-state index in [9.17, 15) is 4.79 Å². The number of nitrogens with zero attached hydrogens (tertiary/aromatic N) is 1. The summed E-state index contributed by atoms with van der Waals surface area (Å²) in [7, 11) is 1.33. The van der Waals surface area contributed by atoms with Crippen molar-refractivity contribution in [1.82, 2.24) is 0 Å². The zero-order chi connectivity index (χ0) is 7.56. The van der Waals surface area contributed by atoms with Crippen LogP contribution in [0.5, 0.6) is 0 Å². The number of carbonyl (C=O) groups is 1. The van der Waals surface area contributed by atoms with Gasteiger partial charge in [0.15, 0.2) is 0 Å². The van der Waals surface area contributed by atoms with E-state index in [-0.39, 0.29) is 5.97 Å². The summed E-state index contributed by atoms with van der Waals surface area (Å²) in [6, 6.07) is 0. The summed E-state index contributed by atoms with van der Waals surface area (Å²) in [4.78, 5) is 15.5. The van der Waals surface area contributed by atoms with Crippen molar-refractivity contribution in [2.75, 3.05) is 7.11 Å². The van der Waals surface area contributed by atoms with Crippen LogP contribution < -0.4 is 0 Å². The predicted molar refractivity (Wildman–Crippen MR) is 34.6 cm³/mol. The lowest BCUT2D eigenvalue weighted by Gasteiger charge is -2.03. The summed E-state index contributed by atoms with van der Waals surface area (Å²) >= 11 is 0. The highest BCUT2D eigenvalue weighted by Gasteiger charge is 2.26. The van der Waals surface area contributed by atoms with Crippen LogP contribution in [-0.4, -0.2) is 24.9 Å². The average Bonchev–Trinajstić information content (AvgIpc) is 2.34. The fourth-order valence-corrected chi connectivity index (χ4v) is 0.754. The number of methoxy groups -OCH3 is 1. The molecule has 1 heterocycles. The van der Waals surface area contributed by atoms with Gasteiger partial charge in [-0.3, -0.25) is 0 Å². The second-order valence-corrected chi connectivity index (χ2v) is 2.15. The Hall–Kier alpha value is -1.06. The molecule has 0 spiro atoms. The molecule has 4 nitrogen and oxygen atoms in total. The van der Waals surface area contributed by atoms with Crippen LogP contribution >= 0.6 is 0 Å². The van der Waals surface area contributed by atoms with E-state index >= 15 is 0 Å². The van der Waals surface area contributed by atoms with Crippen molar-refractivity contribution in [3.05, 3.63) is 0 Å². The Morgan fingerprint density at radius 1 is 1.90 bits per heavy atom. The standard InChI is InChI=1S/C6H9NO3/c1-4-3-5(10-7-4)6(8)9-2/h5H,3H2,1-2H3/t5-/m0/s1. The summed E-state index contributed by atoms with van der Waals surface area (Å²) in [5, 5.41) is 3.60. The van der Waals surface area contributed by atoms with Crippen LogP contribution in [0.4, 0.5) is 0 Å². The van der Waals surface area contributed by atoms with E-state index in [4.69, 9.17) is 4.84 Å². The van der Waals surface area contributed by atoms with Gasteiger partial charge in [0, 0.05) is 6.42 Å². The molecule has 0 fully saturated rings. The van der Waals surface area contributed by atoms with Crippen molar-refractivity contribution >= 4 is 11.7 Å². The number of rotatable bonds is 1. The Balaban J connectivity index is 2.42. The van der Waals surface area contributed by atoms with E-state index < -0.39 is 6.10 Å². The minimum Gasteiger partial charge on any atom is -0.466 e. The predicted octanol–water partition coefficient (Wildman–Crippen LogP) is 0.324. The quantitative estimate of drug-likeness (QED) is 0.497. The lowest BCUT2D eigenvalue weighted by molar-refractivity contribution is -0.152. The van der Waals surface area contributed by atoms with Crippen LogP contribution in [0.15, 0.2) is 5.16 Å². The van der Waals surface area contributed by atoms with E-state index in [1.54, 1.807) is 0 Å². The molecule has 1 rings (SSSR count). The van der Waals surface area contributed by atoms with Crippen molar-refractivity contribution in [2.24, 2.45) is 5.16 Å². The van der Waals surface area contributed by atoms with E-state index in [0.717, 1.165) is 5.71 Å². The van der Waals surface area contributed by atoms with Crippen LogP contribution in [0.2, 0.25) is 0 Å². The fourth-order valence-electron chi connectivity index (χ4n) is 0.754. The molecule has 0 bridgehead atoms. The molecule has 0 N–H and O–H groups in total. The molecule has 0 aromatic rings. The zero-order valence-corrected chi connectivity index (χ0v) is 5.96. The molecule has 4 heteroatoms. The first-order valence-corrected chi connectivity index (χ1v) is 3.01. The number of carbonyl (C=O) groups excluding carboxylic acids is 1. The lowest BCUT2D eigenvalue weighted by Crippen LogP contribution is -2.21. The van der Waals surface area contributed by atoms with Gasteiger partial charge in [-0.15, -0.1) is 0 Å². The molecule has 0 amide bonds. The Bertz CT molecular complexity index is 176. The van der Waals surface area contributed by atoms with Crippen LogP contribution in [-0.2, 0) is 14.4 Å². The van der Waals surface area contributed by atoms with Crippen LogP contribution in [0.3, 0.4) is 0 Å². The van der Waals surface area contributed by atoms with Gasteiger partial charge in [0.25, 0.3) is 0 Å². The first kappa shape index (κ1) is 7.05. The molecule has 1 aliphatic rings. The van der Waals surface area contributed by atoms with Gasteiger partial charge in [-0.25, -0.2) is 4.79 Å². The molecule has 56 valence electrons. The lowest BCUT2D eigenvalue weighted by atomic mass is 10.2. The molecule has 0 aromatic heterocycles. The third kappa shape index (κ3) is 1.26. The van der Waals surface area contributed by atoms with Crippen molar-refractivity contribution in [3.8, 4) is 0 Å². The molecular formula is C6H9NO3. The third-order valence-electron chi connectivity index (χ3n) is 1.28. The third-order valence-corrected chi connectivity index (χ3v) is 1.28. The number of hydrogen-bond acceptors (Lipinski definition) is 4. The van der Waals surface area contributed by atoms with Crippen molar-refractivity contribution in [1.29, 1.82) is 0 Å². The Morgan fingerprint density at radius 3 is 3.00 bits per heavy atom. The normalized spacial score (nSPS) is 23.4. The highest BCUT2D eigenvalue weighted by Crippen LogP contribution is 2.10. The molecule has 0 radical (unpaired) electrons. The van der Waals surface area contributed by atoms with Crippen molar-refractivity contribution in [3.63, 3.8) is 0 Å². The smallest absolute Gasteiger partial charge is 0.350 e. The Morgan fingerprint density at radius 2 is 2.60 bits per heavy atom. The van der Waals surface area contributed by atoms with Gasteiger partial charge < -0.3 is 9.57 Å². The molecule has 0 saturated carbocycles. The summed E-state index contributed by atoms with van der Waals surface area (Å²) in [6.45, 7) is 1.81. The topological polar surface area (TPSA) is 47.9 Å². The summed E-state index contributed by atoms with van der Waals surface area (Å²) in [5.74, 6) is -0.361. The zero-order valence-electron chi connectivity index (χ0n) is 5.96. The SMILES string of the molecule is COC(=O)[C@@H]1CC(C)=NO1. The van der Waals surface area contributed by atoms with Crippen LogP contribution in [0.1, 0.15) is 13.3 Å². The molecular weight excluding hydrogens is 134 g/mol. The maximum atomic E-state index is 10.7. The Labute approximate surface area is 58.8 Å². The molecule has 1 atom stereocenters. The van der Waals surface area contributed by atoms with Gasteiger partial charge in [0.05, 0.1) is 12.8 Å². The number of hydrogen-bond donors (Lipinski definition) is 0. The van der Waals surface area contributed by atoms with E-state index in [0.29, 0.717) is 6.42 Å². The van der Waals surface area contributed by atoms with Crippen molar-refractivity contribution in [2.45, 2.75) is 19.4 Å². The highest BCUT2D eigenvalue weighted by atomic mass is 16.7. The minimum atomic E-state index is -0.509. The van der Waals surface area contributed by atoms with Crippen LogP contribution in [0, 0.1) is 0 Å². The summed E-state index contributed by atoms with van der Waals surface area (Å²) in [5.41, 5.74) is 0.829. The molecule has 0 aromatic carbocycles. The summed E-state index contributed by atoms with van der Waals surface area (Å²) in [6.07, 6.45) is 0.0390. The summed E-state index contributed by atoms with van der Waals surface area (Å²) < 4.78 is 4.45. The largest absolute Gasteiger partial charge is 0.466 e. The molecule has 0 unspecified atom stereocenters. The minimum absolute atomic E-state index is 0.361. The van der Waals surface area contributed by atoms with Crippen molar-refractivity contribution < 1.29 is 14.4 Å². The van der Waals surface area contributed by atoms with Gasteiger partial charge >= 0.3 is 5.97 Å². The van der Waals surface area contributed by atoms with Gasteiger partial charge in [-0.1, -0.05) is 5.16 Å². The fraction of sp³-hybridized carbons (Fsp3) is 0.667. The van der Waals surface area contributed by atoms with Gasteiger partial charge in [-0.05, 0) is 6.92 Å². The first-order valence-electron chi connectivity index (χ1n) is 3.01. The van der Waals surface area contributed by atoms with Gasteiger partial charge in [0.2, 0.25) is 6.10 Å². The second kappa shape index (κ2) is 2.68. The van der Waals surface area contributed by atoms with E-state index in [1.165, 1.54) is 7.11 Å². The van der Waals surface area contributed by atoms with E-state index in [2.05, 4.69) is 9.89 Å². The monoisotopic (exact) mass is 143 g/mol. The number of esters is 1.